The Balaban J connectivity index is 0.00000288. The summed E-state index contributed by atoms with van der Waals surface area (Å²) in [5.41, 5.74) is 4.74. The highest BCUT2D eigenvalue weighted by Gasteiger charge is 2.16. The van der Waals surface area contributed by atoms with Crippen LogP contribution in [-0.2, 0) is 4.74 Å². The number of pyridine rings is 1. The van der Waals surface area contributed by atoms with Crippen LogP contribution in [0.5, 0.6) is 0 Å². The molecule has 5 heteroatoms. The first-order valence-electron chi connectivity index (χ1n) is 7.28. The van der Waals surface area contributed by atoms with Crippen molar-refractivity contribution in [3.05, 3.63) is 57.9 Å². The van der Waals surface area contributed by atoms with E-state index < -0.39 is 5.97 Å². The Morgan fingerprint density at radius 2 is 1.65 bits per heavy atom. The highest BCUT2D eigenvalue weighted by Crippen LogP contribution is 2.23. The van der Waals surface area contributed by atoms with Crippen LogP contribution in [0.2, 0.25) is 0 Å². The third-order valence-corrected chi connectivity index (χ3v) is 3.64. The topological polar surface area (TPSA) is 68.3 Å². The Morgan fingerprint density at radius 3 is 2.22 bits per heavy atom. The Bertz CT molecular complexity index is 765. The van der Waals surface area contributed by atoms with Gasteiger partial charge in [-0.25, -0.2) is 9.78 Å². The molecule has 0 spiro atoms. The van der Waals surface area contributed by atoms with Crippen molar-refractivity contribution in [2.45, 2.75) is 27.7 Å². The van der Waals surface area contributed by atoms with E-state index >= 15 is 0 Å². The number of aromatic nitrogens is 1. The zero-order valence-corrected chi connectivity index (χ0v) is 14.0. The van der Waals surface area contributed by atoms with Crippen LogP contribution in [0.25, 0.3) is 0 Å². The molecule has 122 valence electrons. The van der Waals surface area contributed by atoms with Crippen molar-refractivity contribution in [1.82, 2.24) is 4.98 Å². The molecule has 0 saturated heterocycles. The third kappa shape index (κ3) is 3.56. The number of hydrogen-bond acceptors (Lipinski definition) is 4. The fraction of sp³-hybridized carbons (Fsp3) is 0.278. The average molecular weight is 314 g/mol. The number of aryl methyl sites for hydroxylation is 4. The monoisotopic (exact) mass is 314 g/mol. The smallest absolute Gasteiger partial charge is 0.337 e. The van der Waals surface area contributed by atoms with Gasteiger partial charge in [-0.1, -0.05) is 6.07 Å². The maximum Gasteiger partial charge on any atom is 0.337 e. The maximum atomic E-state index is 12.5. The van der Waals surface area contributed by atoms with Crippen LogP contribution in [0.3, 0.4) is 0 Å². The van der Waals surface area contributed by atoms with E-state index in [1.807, 2.05) is 39.8 Å². The lowest BCUT2D eigenvalue weighted by atomic mass is 10.0. The first-order chi connectivity index (χ1) is 10.8. The highest BCUT2D eigenvalue weighted by atomic mass is 16.5. The number of methoxy groups -OCH3 is 1. The molecule has 1 aromatic heterocycles. The summed E-state index contributed by atoms with van der Waals surface area (Å²) in [4.78, 5) is 28.4. The maximum absolute atomic E-state index is 12.5. The Kier molecular flexibility index (Phi) is 4.79. The van der Waals surface area contributed by atoms with Gasteiger partial charge in [0.15, 0.2) is 0 Å². The third-order valence-electron chi connectivity index (χ3n) is 3.64. The van der Waals surface area contributed by atoms with Crippen LogP contribution in [0.4, 0.5) is 5.69 Å². The van der Waals surface area contributed by atoms with E-state index in [1.54, 1.807) is 12.1 Å². The van der Waals surface area contributed by atoms with Crippen molar-refractivity contribution in [3.63, 3.8) is 0 Å². The van der Waals surface area contributed by atoms with Gasteiger partial charge in [-0.2, -0.15) is 0 Å². The molecule has 5 nitrogen and oxygen atoms in total. The van der Waals surface area contributed by atoms with Crippen molar-refractivity contribution in [2.24, 2.45) is 0 Å². The van der Waals surface area contributed by atoms with Gasteiger partial charge in [0, 0.05) is 12.8 Å². The summed E-state index contributed by atoms with van der Waals surface area (Å²) >= 11 is 0. The minimum absolute atomic E-state index is 0. The number of carbonyl (C=O) groups is 2. The lowest BCUT2D eigenvalue weighted by molar-refractivity contribution is 0.0600. The lowest BCUT2D eigenvalue weighted by Crippen LogP contribution is -2.17. The second-order valence-corrected chi connectivity index (χ2v) is 5.55. The highest BCUT2D eigenvalue weighted by molar-refractivity contribution is 6.05. The number of esters is 1. The van der Waals surface area contributed by atoms with E-state index in [0.29, 0.717) is 16.9 Å². The minimum Gasteiger partial charge on any atom is -0.465 e. The van der Waals surface area contributed by atoms with Gasteiger partial charge in [-0.05, 0) is 62.6 Å². The van der Waals surface area contributed by atoms with Gasteiger partial charge in [-0.3, -0.25) is 4.79 Å². The molecule has 0 atom stereocenters. The summed E-state index contributed by atoms with van der Waals surface area (Å²) in [6.07, 6.45) is 0. The lowest BCUT2D eigenvalue weighted by Gasteiger charge is -2.14. The van der Waals surface area contributed by atoms with Crippen LogP contribution >= 0.6 is 0 Å². The molecule has 0 aliphatic heterocycles. The quantitative estimate of drug-likeness (QED) is 0.879. The number of benzene rings is 1. The van der Waals surface area contributed by atoms with E-state index in [4.69, 9.17) is 4.74 Å². The second-order valence-electron chi connectivity index (χ2n) is 5.55. The molecule has 0 radical (unpaired) electrons. The van der Waals surface area contributed by atoms with E-state index in [0.717, 1.165) is 22.4 Å². The van der Waals surface area contributed by atoms with E-state index in [1.165, 1.54) is 7.11 Å². The molecular formula is C18H22N2O3. The van der Waals surface area contributed by atoms with Crippen LogP contribution in [0.15, 0.2) is 24.3 Å². The molecule has 0 bridgehead atoms. The number of nitrogens with zero attached hydrogens (tertiary/aromatic N) is 1. The van der Waals surface area contributed by atoms with Crippen molar-refractivity contribution in [2.75, 3.05) is 12.4 Å². The largest absolute Gasteiger partial charge is 0.465 e. The number of rotatable bonds is 3. The number of amides is 1. The van der Waals surface area contributed by atoms with Crippen molar-refractivity contribution < 1.29 is 15.8 Å². The Hall–Kier alpha value is -2.69. The molecule has 1 N–H and O–H groups in total. The zero-order chi connectivity index (χ0) is 17.1. The number of hydrogen-bond donors (Lipinski definition) is 1. The summed E-state index contributed by atoms with van der Waals surface area (Å²) < 4.78 is 4.73. The average Bonchev–Trinajstić information content (AvgIpc) is 2.51. The fourth-order valence-corrected chi connectivity index (χ4v) is 2.43. The first kappa shape index (κ1) is 16.7. The fourth-order valence-electron chi connectivity index (χ4n) is 2.43. The second kappa shape index (κ2) is 6.60. The molecule has 0 fully saturated rings. The molecule has 0 unspecified atom stereocenters. The van der Waals surface area contributed by atoms with Gasteiger partial charge in [-0.15, -0.1) is 0 Å². The van der Waals surface area contributed by atoms with Crippen molar-refractivity contribution >= 4 is 17.6 Å². The summed E-state index contributed by atoms with van der Waals surface area (Å²) in [6, 6.07) is 7.14. The Labute approximate surface area is 137 Å². The number of nitrogens with one attached hydrogen (secondary N) is 1. The van der Waals surface area contributed by atoms with Crippen molar-refractivity contribution in [3.8, 4) is 0 Å². The molecule has 0 aliphatic carbocycles. The number of anilines is 1. The molecule has 1 heterocycles. The molecular weight excluding hydrogens is 292 g/mol. The summed E-state index contributed by atoms with van der Waals surface area (Å²) in [5.74, 6) is -0.659. The number of ether oxygens (including phenoxy) is 1. The summed E-state index contributed by atoms with van der Waals surface area (Å²) in [5, 5.41) is 2.89. The molecule has 0 aliphatic rings. The first-order valence-corrected chi connectivity index (χ1v) is 7.28. The predicted octanol–water partition coefficient (Wildman–Crippen LogP) is 3.60. The van der Waals surface area contributed by atoms with Gasteiger partial charge < -0.3 is 10.1 Å². The van der Waals surface area contributed by atoms with Gasteiger partial charge in [0.05, 0.1) is 12.7 Å². The molecule has 2 rings (SSSR count). The van der Waals surface area contributed by atoms with Crippen molar-refractivity contribution in [1.29, 1.82) is 0 Å². The normalized spacial score (nSPS) is 10.3. The zero-order valence-electron chi connectivity index (χ0n) is 14.0. The van der Waals surface area contributed by atoms with Gasteiger partial charge >= 0.3 is 5.97 Å². The van der Waals surface area contributed by atoms with E-state index in [9.17, 15) is 9.59 Å². The minimum atomic E-state index is -0.398. The molecule has 0 saturated carbocycles. The summed E-state index contributed by atoms with van der Waals surface area (Å²) in [6.45, 7) is 7.37. The SMILES string of the molecule is COC(=O)c1cc(C)c(NC(=O)c2nc(C)ccc2C)c(C)c1.[HH]. The van der Waals surface area contributed by atoms with Gasteiger partial charge in [0.2, 0.25) is 0 Å². The van der Waals surface area contributed by atoms with Crippen LogP contribution < -0.4 is 5.32 Å². The summed E-state index contributed by atoms with van der Waals surface area (Å²) in [7, 11) is 1.34. The molecule has 23 heavy (non-hydrogen) atoms. The van der Waals surface area contributed by atoms with Crippen LogP contribution in [-0.4, -0.2) is 24.0 Å². The molecule has 2 aromatic rings. The van der Waals surface area contributed by atoms with E-state index in [-0.39, 0.29) is 7.33 Å². The van der Waals surface area contributed by atoms with Gasteiger partial charge in [0.25, 0.3) is 5.91 Å². The number of carbonyl (C=O) groups excluding carboxylic acids is 2. The van der Waals surface area contributed by atoms with Gasteiger partial charge in [0.1, 0.15) is 5.69 Å². The van der Waals surface area contributed by atoms with Crippen LogP contribution in [0.1, 0.15) is 44.7 Å². The molecule has 1 aromatic carbocycles. The predicted molar refractivity (Wildman–Crippen MR) is 91.0 cm³/mol. The standard InChI is InChI=1S/C18H20N2O3.H2/c1-10-6-7-13(4)19-16(10)17(21)20-15-11(2)8-14(9-12(15)3)18(22)23-5;/h6-9H,1-5H3,(H,20,21);1H. The van der Waals surface area contributed by atoms with Crippen LogP contribution in [0, 0.1) is 27.7 Å². The Morgan fingerprint density at radius 1 is 1.04 bits per heavy atom. The molecule has 1 amide bonds. The van der Waals surface area contributed by atoms with E-state index in [2.05, 4.69) is 10.3 Å².